The summed E-state index contributed by atoms with van der Waals surface area (Å²) in [6.45, 7) is -0.485. The molecule has 0 bridgehead atoms. The monoisotopic (exact) mass is 246 g/mol. The minimum absolute atomic E-state index is 0.195. The molecule has 9 heteroatoms. The van der Waals surface area contributed by atoms with E-state index in [9.17, 15) is 20.2 Å². The number of nitrogens with zero attached hydrogens (tertiary/aromatic N) is 2. The van der Waals surface area contributed by atoms with Crippen molar-refractivity contribution in [2.24, 2.45) is 0 Å². The molecular weight excluding hydrogens is 234 g/mol. The Hall–Kier alpha value is -1.39. The zero-order valence-electron chi connectivity index (χ0n) is 8.63. The molecule has 0 radical (unpaired) electrons. The number of carbonyl (C=O) groups excluding carboxylic acids is 1. The van der Waals surface area contributed by atoms with Crippen molar-refractivity contribution in [2.45, 2.75) is 24.5 Å². The van der Waals surface area contributed by atoms with Crippen LogP contribution in [0.5, 0.6) is 0 Å². The molecule has 0 unspecified atom stereocenters. The summed E-state index contributed by atoms with van der Waals surface area (Å²) in [5.41, 5.74) is 1.92. The topological polar surface area (TPSA) is 129 Å². The van der Waals surface area contributed by atoms with E-state index in [1.54, 1.807) is 0 Å². The predicted molar refractivity (Wildman–Crippen MR) is 52.5 cm³/mol. The summed E-state index contributed by atoms with van der Waals surface area (Å²) in [6, 6.07) is -0.794. The van der Waals surface area contributed by atoms with Crippen LogP contribution in [-0.2, 0) is 4.74 Å². The summed E-state index contributed by atoms with van der Waals surface area (Å²) >= 11 is 0. The van der Waals surface area contributed by atoms with Crippen molar-refractivity contribution in [3.05, 3.63) is 17.6 Å². The third-order valence-electron chi connectivity index (χ3n) is 2.59. The van der Waals surface area contributed by atoms with E-state index in [4.69, 9.17) is 9.84 Å². The number of hydrogen-bond acceptors (Lipinski definition) is 7. The van der Waals surface area contributed by atoms with Crippen LogP contribution < -0.4 is 5.43 Å². The molecule has 0 saturated carbocycles. The minimum atomic E-state index is -1.36. The number of hydrazine groups is 1. The van der Waals surface area contributed by atoms with Crippen LogP contribution in [0.3, 0.4) is 0 Å². The molecule has 1 fully saturated rings. The zero-order valence-corrected chi connectivity index (χ0v) is 8.63. The summed E-state index contributed by atoms with van der Waals surface area (Å²) in [6.07, 6.45) is -2.65. The number of hydrogen-bond donors (Lipinski definition) is 4. The summed E-state index contributed by atoms with van der Waals surface area (Å²) in [5.74, 6) is 0. The van der Waals surface area contributed by atoms with Crippen molar-refractivity contribution < 1.29 is 24.9 Å². The second-order valence-electron chi connectivity index (χ2n) is 3.68. The molecule has 0 aromatic heterocycles. The Kier molecular flexibility index (Phi) is 3.17. The largest absolute Gasteiger partial charge is 0.739 e. The normalized spacial score (nSPS) is 37.5. The Bertz CT molecular complexity index is 337. The van der Waals surface area contributed by atoms with Crippen molar-refractivity contribution in [2.75, 3.05) is 6.61 Å². The molecule has 2 aliphatic rings. The van der Waals surface area contributed by atoms with Gasteiger partial charge in [0.05, 0.1) is 6.61 Å². The van der Waals surface area contributed by atoms with Crippen molar-refractivity contribution in [1.29, 1.82) is 0 Å². The van der Waals surface area contributed by atoms with Gasteiger partial charge in [0.15, 0.2) is 6.23 Å². The second-order valence-corrected chi connectivity index (χ2v) is 3.68. The SMILES string of the molecule is O=C1NN([O-])C=CN1[C@H]1O[C@@H](CO)[C@@H](O)[C@@H]1O. The van der Waals surface area contributed by atoms with Crippen LogP contribution >= 0.6 is 0 Å². The number of hydroxylamine groups is 1. The van der Waals surface area contributed by atoms with Gasteiger partial charge in [0.25, 0.3) is 0 Å². The van der Waals surface area contributed by atoms with E-state index >= 15 is 0 Å². The number of nitrogens with one attached hydrogen (secondary N) is 1. The Morgan fingerprint density at radius 2 is 2.12 bits per heavy atom. The van der Waals surface area contributed by atoms with Crippen LogP contribution in [-0.4, -0.2) is 62.6 Å². The van der Waals surface area contributed by atoms with E-state index in [0.717, 1.165) is 17.3 Å². The van der Waals surface area contributed by atoms with Crippen LogP contribution in [0.1, 0.15) is 0 Å². The molecule has 2 aliphatic heterocycles. The molecule has 4 atom stereocenters. The molecule has 0 spiro atoms. The number of amides is 2. The highest BCUT2D eigenvalue weighted by Gasteiger charge is 2.46. The molecule has 2 heterocycles. The van der Waals surface area contributed by atoms with Gasteiger partial charge in [-0.3, -0.25) is 10.3 Å². The Balaban J connectivity index is 2.13. The highest BCUT2D eigenvalue weighted by atomic mass is 16.6. The van der Waals surface area contributed by atoms with Crippen LogP contribution in [0.15, 0.2) is 12.4 Å². The molecule has 0 aromatic carbocycles. The van der Waals surface area contributed by atoms with Gasteiger partial charge in [0.1, 0.15) is 18.3 Å². The molecular formula is C8H12N3O6-. The maximum atomic E-state index is 11.4. The molecule has 9 nitrogen and oxygen atoms in total. The number of aliphatic hydroxyl groups is 3. The molecule has 1 saturated heterocycles. The van der Waals surface area contributed by atoms with E-state index in [0.29, 0.717) is 0 Å². The third kappa shape index (κ3) is 2.06. The van der Waals surface area contributed by atoms with E-state index < -0.39 is 37.2 Å². The maximum Gasteiger partial charge on any atom is 0.341 e. The van der Waals surface area contributed by atoms with Crippen molar-refractivity contribution >= 4 is 6.03 Å². The summed E-state index contributed by atoms with van der Waals surface area (Å²) in [7, 11) is 0. The number of carbonyl (C=O) groups is 1. The maximum absolute atomic E-state index is 11.4. The summed E-state index contributed by atoms with van der Waals surface area (Å²) < 4.78 is 5.12. The molecule has 17 heavy (non-hydrogen) atoms. The second kappa shape index (κ2) is 4.47. The summed E-state index contributed by atoms with van der Waals surface area (Å²) in [5, 5.41) is 39.0. The Morgan fingerprint density at radius 1 is 1.41 bits per heavy atom. The van der Waals surface area contributed by atoms with Gasteiger partial charge < -0.3 is 30.4 Å². The number of urea groups is 1. The fraction of sp³-hybridized carbons (Fsp3) is 0.625. The van der Waals surface area contributed by atoms with Crippen LogP contribution in [0.2, 0.25) is 0 Å². The standard InChI is InChI=1S/C8H12N3O6/c12-3-4-5(13)6(14)7(17-4)10-1-2-11(16)9-8(10)15/h1-2,4-7,12-14H,3H2,(H,9,15)/q-1/t4-,5+,6-,7-/m0/s1. The lowest BCUT2D eigenvalue weighted by atomic mass is 10.1. The zero-order chi connectivity index (χ0) is 12.6. The fourth-order valence-corrected chi connectivity index (χ4v) is 1.70. The highest BCUT2D eigenvalue weighted by molar-refractivity contribution is 5.76. The molecule has 2 rings (SSSR count). The van der Waals surface area contributed by atoms with Gasteiger partial charge in [0, 0.05) is 12.4 Å². The lowest BCUT2D eigenvalue weighted by Crippen LogP contribution is -2.53. The Labute approximate surface area is 96.0 Å². The molecule has 4 N–H and O–H groups in total. The first-order chi connectivity index (χ1) is 8.04. The molecule has 2 amide bonds. The van der Waals surface area contributed by atoms with Gasteiger partial charge in [-0.05, 0) is 0 Å². The van der Waals surface area contributed by atoms with Gasteiger partial charge >= 0.3 is 6.03 Å². The average Bonchev–Trinajstić information content (AvgIpc) is 2.57. The molecule has 96 valence electrons. The first-order valence-electron chi connectivity index (χ1n) is 4.90. The van der Waals surface area contributed by atoms with Crippen LogP contribution in [0, 0.1) is 5.21 Å². The van der Waals surface area contributed by atoms with Crippen LogP contribution in [0.25, 0.3) is 0 Å². The van der Waals surface area contributed by atoms with Crippen molar-refractivity contribution in [3.8, 4) is 0 Å². The fourth-order valence-electron chi connectivity index (χ4n) is 1.70. The first kappa shape index (κ1) is 12.1. The number of rotatable bonds is 2. The van der Waals surface area contributed by atoms with E-state index in [2.05, 4.69) is 0 Å². The van der Waals surface area contributed by atoms with Gasteiger partial charge in [-0.2, -0.15) is 0 Å². The Morgan fingerprint density at radius 3 is 2.65 bits per heavy atom. The minimum Gasteiger partial charge on any atom is -0.739 e. The van der Waals surface area contributed by atoms with Crippen molar-refractivity contribution in [1.82, 2.24) is 15.5 Å². The third-order valence-corrected chi connectivity index (χ3v) is 2.59. The van der Waals surface area contributed by atoms with E-state index in [1.807, 2.05) is 5.43 Å². The molecule has 0 aliphatic carbocycles. The number of aliphatic hydroxyl groups excluding tert-OH is 3. The van der Waals surface area contributed by atoms with Crippen molar-refractivity contribution in [3.63, 3.8) is 0 Å². The lowest BCUT2D eigenvalue weighted by molar-refractivity contribution is -0.0680. The predicted octanol–water partition coefficient (Wildman–Crippen LogP) is -2.36. The smallest absolute Gasteiger partial charge is 0.341 e. The highest BCUT2D eigenvalue weighted by Crippen LogP contribution is 2.25. The molecule has 0 aromatic rings. The quantitative estimate of drug-likeness (QED) is 0.429. The average molecular weight is 246 g/mol. The van der Waals surface area contributed by atoms with Gasteiger partial charge in [-0.25, -0.2) is 4.79 Å². The van der Waals surface area contributed by atoms with Gasteiger partial charge in [-0.15, -0.1) is 0 Å². The van der Waals surface area contributed by atoms with Gasteiger partial charge in [-0.1, -0.05) is 0 Å². The number of ether oxygens (including phenoxy) is 1. The summed E-state index contributed by atoms with van der Waals surface area (Å²) in [4.78, 5) is 12.4. The van der Waals surface area contributed by atoms with Gasteiger partial charge in [0.2, 0.25) is 0 Å². The van der Waals surface area contributed by atoms with E-state index in [1.165, 1.54) is 0 Å². The van der Waals surface area contributed by atoms with Crippen LogP contribution in [0.4, 0.5) is 4.79 Å². The lowest BCUT2D eigenvalue weighted by Gasteiger charge is -2.37. The first-order valence-corrected chi connectivity index (χ1v) is 4.90. The van der Waals surface area contributed by atoms with E-state index in [-0.39, 0.29) is 5.17 Å².